The van der Waals surface area contributed by atoms with Gasteiger partial charge in [-0.15, -0.1) is 0 Å². The lowest BCUT2D eigenvalue weighted by molar-refractivity contribution is -0.385. The number of anilines is 2. The maximum absolute atomic E-state index is 11.5. The summed E-state index contributed by atoms with van der Waals surface area (Å²) < 4.78 is 10.6. The van der Waals surface area contributed by atoms with Crippen molar-refractivity contribution >= 4 is 28.8 Å². The highest BCUT2D eigenvalue weighted by Crippen LogP contribution is 2.36. The van der Waals surface area contributed by atoms with Crippen LogP contribution in [0.5, 0.6) is 17.4 Å². The predicted molar refractivity (Wildman–Crippen MR) is 94.3 cm³/mol. The topological polar surface area (TPSA) is 112 Å². The molecule has 2 heterocycles. The van der Waals surface area contributed by atoms with E-state index < -0.39 is 10.6 Å². The standard InChI is InChI=1S/C16H12ClN5O4/c1-25-10-4-6-11(7-5-10)26-16-13(22(23)24)15(19-9-20-16)21-12-3-2-8-18-14(12)17/h2-9H,1H3,(H,19,20,21). The van der Waals surface area contributed by atoms with E-state index in [9.17, 15) is 10.1 Å². The van der Waals surface area contributed by atoms with Crippen molar-refractivity contribution in [1.82, 2.24) is 15.0 Å². The lowest BCUT2D eigenvalue weighted by Crippen LogP contribution is -2.04. The fourth-order valence-electron chi connectivity index (χ4n) is 2.06. The molecule has 0 fully saturated rings. The molecule has 3 rings (SSSR count). The molecule has 1 N–H and O–H groups in total. The molecule has 0 aliphatic carbocycles. The molecule has 0 bridgehead atoms. The van der Waals surface area contributed by atoms with Crippen LogP contribution in [-0.2, 0) is 0 Å². The molecule has 26 heavy (non-hydrogen) atoms. The van der Waals surface area contributed by atoms with Gasteiger partial charge in [0.05, 0.1) is 17.7 Å². The molecule has 0 amide bonds. The Morgan fingerprint density at radius 1 is 1.12 bits per heavy atom. The van der Waals surface area contributed by atoms with Crippen LogP contribution in [-0.4, -0.2) is 27.0 Å². The van der Waals surface area contributed by atoms with Crippen molar-refractivity contribution in [1.29, 1.82) is 0 Å². The number of nitrogens with zero attached hydrogens (tertiary/aromatic N) is 4. The van der Waals surface area contributed by atoms with E-state index in [1.807, 2.05) is 0 Å². The van der Waals surface area contributed by atoms with E-state index in [0.29, 0.717) is 17.2 Å². The van der Waals surface area contributed by atoms with Crippen LogP contribution < -0.4 is 14.8 Å². The van der Waals surface area contributed by atoms with E-state index in [1.165, 1.54) is 13.3 Å². The smallest absolute Gasteiger partial charge is 0.373 e. The predicted octanol–water partition coefficient (Wildman–Crippen LogP) is 3.98. The molecule has 0 spiro atoms. The van der Waals surface area contributed by atoms with Gasteiger partial charge in [0, 0.05) is 6.20 Å². The number of rotatable bonds is 6. The number of hydrogen-bond acceptors (Lipinski definition) is 8. The second-order valence-corrected chi connectivity index (χ2v) is 5.24. The van der Waals surface area contributed by atoms with Gasteiger partial charge < -0.3 is 14.8 Å². The monoisotopic (exact) mass is 373 g/mol. The summed E-state index contributed by atoms with van der Waals surface area (Å²) in [7, 11) is 1.53. The Hall–Kier alpha value is -3.46. The molecular formula is C16H12ClN5O4. The SMILES string of the molecule is COc1ccc(Oc2ncnc(Nc3cccnc3Cl)c2[N+](=O)[O-])cc1. The summed E-state index contributed by atoms with van der Waals surface area (Å²) in [5.41, 5.74) is -0.0606. The zero-order valence-electron chi connectivity index (χ0n) is 13.4. The Morgan fingerprint density at radius 3 is 2.50 bits per heavy atom. The number of nitrogens with one attached hydrogen (secondary N) is 1. The third-order valence-corrected chi connectivity index (χ3v) is 3.56. The Labute approximate surface area is 152 Å². The molecule has 0 saturated carbocycles. The van der Waals surface area contributed by atoms with E-state index in [4.69, 9.17) is 21.1 Å². The van der Waals surface area contributed by atoms with Gasteiger partial charge >= 0.3 is 11.6 Å². The molecule has 9 nitrogen and oxygen atoms in total. The zero-order chi connectivity index (χ0) is 18.5. The Morgan fingerprint density at radius 2 is 1.85 bits per heavy atom. The van der Waals surface area contributed by atoms with Gasteiger partial charge in [-0.1, -0.05) is 11.6 Å². The van der Waals surface area contributed by atoms with Crippen LogP contribution in [0.2, 0.25) is 5.15 Å². The number of pyridine rings is 1. The first-order valence-corrected chi connectivity index (χ1v) is 7.65. The summed E-state index contributed by atoms with van der Waals surface area (Å²) >= 11 is 5.97. The van der Waals surface area contributed by atoms with Crippen molar-refractivity contribution in [3.63, 3.8) is 0 Å². The van der Waals surface area contributed by atoms with E-state index in [-0.39, 0.29) is 16.9 Å². The van der Waals surface area contributed by atoms with Gasteiger partial charge in [-0.05, 0) is 36.4 Å². The minimum Gasteiger partial charge on any atom is -0.497 e. The summed E-state index contributed by atoms with van der Waals surface area (Å²) in [5, 5.41) is 14.5. The second-order valence-electron chi connectivity index (χ2n) is 4.88. The fourth-order valence-corrected chi connectivity index (χ4v) is 2.22. The number of ether oxygens (including phenoxy) is 2. The summed E-state index contributed by atoms with van der Waals surface area (Å²) in [6, 6.07) is 9.79. The Balaban J connectivity index is 1.95. The second kappa shape index (κ2) is 7.62. The molecule has 1 aromatic carbocycles. The Bertz CT molecular complexity index is 936. The van der Waals surface area contributed by atoms with E-state index in [0.717, 1.165) is 6.33 Å². The normalized spacial score (nSPS) is 10.2. The zero-order valence-corrected chi connectivity index (χ0v) is 14.2. The molecule has 0 radical (unpaired) electrons. The highest BCUT2D eigenvalue weighted by Gasteiger charge is 2.25. The van der Waals surface area contributed by atoms with Gasteiger partial charge in [0.15, 0.2) is 5.15 Å². The van der Waals surface area contributed by atoms with Crippen molar-refractivity contribution in [2.24, 2.45) is 0 Å². The van der Waals surface area contributed by atoms with Crippen LogP contribution in [0.1, 0.15) is 0 Å². The van der Waals surface area contributed by atoms with Crippen LogP contribution in [0.25, 0.3) is 0 Å². The first-order valence-electron chi connectivity index (χ1n) is 7.27. The van der Waals surface area contributed by atoms with Crippen molar-refractivity contribution in [3.05, 3.63) is 64.2 Å². The molecular weight excluding hydrogens is 362 g/mol. The van der Waals surface area contributed by atoms with Gasteiger partial charge in [0.25, 0.3) is 0 Å². The first-order chi connectivity index (χ1) is 12.6. The maximum Gasteiger partial charge on any atom is 0.373 e. The molecule has 0 unspecified atom stereocenters. The largest absolute Gasteiger partial charge is 0.497 e. The van der Waals surface area contributed by atoms with Crippen LogP contribution >= 0.6 is 11.6 Å². The molecule has 0 aliphatic heterocycles. The lowest BCUT2D eigenvalue weighted by atomic mass is 10.3. The number of aromatic nitrogens is 3. The summed E-state index contributed by atoms with van der Waals surface area (Å²) in [6.45, 7) is 0. The van der Waals surface area contributed by atoms with Crippen molar-refractivity contribution < 1.29 is 14.4 Å². The van der Waals surface area contributed by atoms with E-state index >= 15 is 0 Å². The molecule has 0 saturated heterocycles. The minimum atomic E-state index is -0.633. The van der Waals surface area contributed by atoms with Gasteiger partial charge in [0.1, 0.15) is 17.8 Å². The van der Waals surface area contributed by atoms with Crippen LogP contribution in [0.3, 0.4) is 0 Å². The molecule has 10 heteroatoms. The maximum atomic E-state index is 11.5. The lowest BCUT2D eigenvalue weighted by Gasteiger charge is -2.10. The number of halogens is 1. The molecule has 0 atom stereocenters. The van der Waals surface area contributed by atoms with Crippen molar-refractivity contribution in [3.8, 4) is 17.4 Å². The summed E-state index contributed by atoms with van der Waals surface area (Å²) in [4.78, 5) is 22.6. The molecule has 0 aliphatic rings. The highest BCUT2D eigenvalue weighted by atomic mass is 35.5. The average molecular weight is 374 g/mol. The number of nitro groups is 1. The van der Waals surface area contributed by atoms with E-state index in [2.05, 4.69) is 20.3 Å². The van der Waals surface area contributed by atoms with Crippen molar-refractivity contribution in [2.45, 2.75) is 0 Å². The Kier molecular flexibility index (Phi) is 5.09. The fraction of sp³-hybridized carbons (Fsp3) is 0.0625. The van der Waals surface area contributed by atoms with Gasteiger partial charge in [-0.2, -0.15) is 4.98 Å². The molecule has 2 aromatic heterocycles. The van der Waals surface area contributed by atoms with Gasteiger partial charge in [-0.25, -0.2) is 9.97 Å². The number of benzene rings is 1. The van der Waals surface area contributed by atoms with E-state index in [1.54, 1.807) is 36.4 Å². The van der Waals surface area contributed by atoms with Crippen LogP contribution in [0.4, 0.5) is 17.2 Å². The van der Waals surface area contributed by atoms with Crippen molar-refractivity contribution in [2.75, 3.05) is 12.4 Å². The minimum absolute atomic E-state index is 0.0663. The molecule has 3 aromatic rings. The summed E-state index contributed by atoms with van der Waals surface area (Å²) in [6.07, 6.45) is 2.65. The highest BCUT2D eigenvalue weighted by molar-refractivity contribution is 6.32. The van der Waals surface area contributed by atoms with Crippen LogP contribution in [0, 0.1) is 10.1 Å². The molecule has 132 valence electrons. The third kappa shape index (κ3) is 3.78. The average Bonchev–Trinajstić information content (AvgIpc) is 2.64. The van der Waals surface area contributed by atoms with Gasteiger partial charge in [-0.3, -0.25) is 10.1 Å². The van der Waals surface area contributed by atoms with Gasteiger partial charge in [0.2, 0.25) is 5.82 Å². The van der Waals surface area contributed by atoms with Crippen LogP contribution in [0.15, 0.2) is 48.9 Å². The third-order valence-electron chi connectivity index (χ3n) is 3.26. The number of hydrogen-bond donors (Lipinski definition) is 1. The summed E-state index contributed by atoms with van der Waals surface area (Å²) in [5.74, 6) is 0.710. The first kappa shape index (κ1) is 17.4. The quantitative estimate of drug-likeness (QED) is 0.392. The number of methoxy groups -OCH3 is 1.